The maximum atomic E-state index is 11.0. The summed E-state index contributed by atoms with van der Waals surface area (Å²) >= 11 is 0. The van der Waals surface area contributed by atoms with E-state index in [1.807, 2.05) is 37.3 Å². The lowest BCUT2D eigenvalue weighted by molar-refractivity contribution is 0.0422. The van der Waals surface area contributed by atoms with Crippen LogP contribution in [0.2, 0.25) is 0 Å². The molecule has 0 spiro atoms. The summed E-state index contributed by atoms with van der Waals surface area (Å²) in [5.74, 6) is 0. The molecule has 0 radical (unpaired) electrons. The Morgan fingerprint density at radius 2 is 2.00 bits per heavy atom. The first-order valence-corrected chi connectivity index (χ1v) is 4.54. The maximum absolute atomic E-state index is 11.0. The Hall–Kier alpha value is -1.55. The summed E-state index contributed by atoms with van der Waals surface area (Å²) < 4.78 is 5.17. The summed E-state index contributed by atoms with van der Waals surface area (Å²) in [6, 6.07) is 9.75. The van der Waals surface area contributed by atoms with Crippen molar-refractivity contribution in [1.82, 2.24) is 10.9 Å². The van der Waals surface area contributed by atoms with Gasteiger partial charge in [0.1, 0.15) is 6.10 Å². The van der Waals surface area contributed by atoms with Crippen LogP contribution in [0.3, 0.4) is 0 Å². The highest BCUT2D eigenvalue weighted by Gasteiger charge is 2.27. The summed E-state index contributed by atoms with van der Waals surface area (Å²) in [6.45, 7) is 1.96. The van der Waals surface area contributed by atoms with Crippen LogP contribution in [0.25, 0.3) is 0 Å². The molecule has 1 aromatic carbocycles. The third-order valence-corrected chi connectivity index (χ3v) is 2.22. The third kappa shape index (κ3) is 1.70. The average molecular weight is 192 g/mol. The van der Waals surface area contributed by atoms with E-state index in [4.69, 9.17) is 4.74 Å². The molecule has 14 heavy (non-hydrogen) atoms. The van der Waals surface area contributed by atoms with Crippen LogP contribution in [-0.2, 0) is 4.74 Å². The predicted molar refractivity (Wildman–Crippen MR) is 51.4 cm³/mol. The lowest BCUT2D eigenvalue weighted by Crippen LogP contribution is -2.52. The minimum absolute atomic E-state index is 0.0649. The number of nitrogens with one attached hydrogen (secondary N) is 2. The fourth-order valence-electron chi connectivity index (χ4n) is 1.49. The van der Waals surface area contributed by atoms with Gasteiger partial charge in [-0.05, 0) is 12.5 Å². The second-order valence-corrected chi connectivity index (χ2v) is 3.29. The first-order chi connectivity index (χ1) is 6.77. The second kappa shape index (κ2) is 3.67. The topological polar surface area (TPSA) is 50.4 Å². The van der Waals surface area contributed by atoms with Gasteiger partial charge in [-0.15, -0.1) is 0 Å². The monoisotopic (exact) mass is 192 g/mol. The number of ether oxygens (including phenoxy) is 1. The van der Waals surface area contributed by atoms with Crippen LogP contribution in [0, 0.1) is 0 Å². The summed E-state index contributed by atoms with van der Waals surface area (Å²) in [5, 5.41) is 0. The smallest absolute Gasteiger partial charge is 0.422 e. The number of hydrogen-bond acceptors (Lipinski definition) is 3. The SMILES string of the molecule is C[C@@H]1NNC(=O)O[C@H]1c1ccccc1. The van der Waals surface area contributed by atoms with Crippen LogP contribution in [0.4, 0.5) is 4.79 Å². The van der Waals surface area contributed by atoms with Crippen molar-refractivity contribution in [2.75, 3.05) is 0 Å². The number of benzene rings is 1. The van der Waals surface area contributed by atoms with Gasteiger partial charge in [0.25, 0.3) is 0 Å². The van der Waals surface area contributed by atoms with E-state index in [2.05, 4.69) is 10.9 Å². The highest BCUT2D eigenvalue weighted by Crippen LogP contribution is 2.22. The van der Waals surface area contributed by atoms with Crippen molar-refractivity contribution >= 4 is 6.09 Å². The van der Waals surface area contributed by atoms with Crippen molar-refractivity contribution < 1.29 is 9.53 Å². The molecule has 4 heteroatoms. The lowest BCUT2D eigenvalue weighted by Gasteiger charge is -2.30. The van der Waals surface area contributed by atoms with Crippen molar-refractivity contribution in [1.29, 1.82) is 0 Å². The van der Waals surface area contributed by atoms with Gasteiger partial charge in [0.2, 0.25) is 0 Å². The second-order valence-electron chi connectivity index (χ2n) is 3.29. The Labute approximate surface area is 82.2 Å². The van der Waals surface area contributed by atoms with Gasteiger partial charge in [0.05, 0.1) is 6.04 Å². The van der Waals surface area contributed by atoms with Crippen LogP contribution in [0.5, 0.6) is 0 Å². The van der Waals surface area contributed by atoms with Gasteiger partial charge >= 0.3 is 6.09 Å². The highest BCUT2D eigenvalue weighted by atomic mass is 16.6. The van der Waals surface area contributed by atoms with Crippen molar-refractivity contribution in [3.8, 4) is 0 Å². The van der Waals surface area contributed by atoms with Gasteiger partial charge in [-0.3, -0.25) is 5.43 Å². The third-order valence-electron chi connectivity index (χ3n) is 2.22. The molecule has 2 atom stereocenters. The molecule has 1 saturated heterocycles. The number of hydrazine groups is 1. The molecular weight excluding hydrogens is 180 g/mol. The summed E-state index contributed by atoms with van der Waals surface area (Å²) in [6.07, 6.45) is -0.651. The highest BCUT2D eigenvalue weighted by molar-refractivity contribution is 5.67. The van der Waals surface area contributed by atoms with Gasteiger partial charge < -0.3 is 4.74 Å². The molecule has 0 aliphatic carbocycles. The van der Waals surface area contributed by atoms with Gasteiger partial charge in [0, 0.05) is 0 Å². The fraction of sp³-hybridized carbons (Fsp3) is 0.300. The zero-order valence-electron chi connectivity index (χ0n) is 7.86. The first-order valence-electron chi connectivity index (χ1n) is 4.54. The van der Waals surface area contributed by atoms with E-state index < -0.39 is 6.09 Å². The van der Waals surface area contributed by atoms with Crippen LogP contribution in [0.1, 0.15) is 18.6 Å². The molecule has 2 rings (SSSR count). The van der Waals surface area contributed by atoms with Gasteiger partial charge in [-0.2, -0.15) is 0 Å². The molecule has 74 valence electrons. The Morgan fingerprint density at radius 3 is 2.71 bits per heavy atom. The molecule has 1 amide bonds. The molecular formula is C10H12N2O2. The molecule has 1 aromatic rings. The molecule has 1 heterocycles. The molecule has 0 bridgehead atoms. The molecule has 1 aliphatic rings. The van der Waals surface area contributed by atoms with Gasteiger partial charge in [-0.1, -0.05) is 30.3 Å². The Balaban J connectivity index is 2.20. The van der Waals surface area contributed by atoms with Crippen molar-refractivity contribution in [2.24, 2.45) is 0 Å². The standard InChI is InChI=1S/C10H12N2O2/c1-7-9(14-10(13)12-11-7)8-5-3-2-4-6-8/h2-7,9,11H,1H3,(H,12,13)/t7-,9+/m0/s1. The van der Waals surface area contributed by atoms with Crippen LogP contribution < -0.4 is 10.9 Å². The van der Waals surface area contributed by atoms with E-state index in [9.17, 15) is 4.79 Å². The maximum Gasteiger partial charge on any atom is 0.422 e. The predicted octanol–water partition coefficient (Wildman–Crippen LogP) is 1.36. The van der Waals surface area contributed by atoms with E-state index in [0.717, 1.165) is 5.56 Å². The van der Waals surface area contributed by atoms with E-state index >= 15 is 0 Å². The molecule has 0 aromatic heterocycles. The average Bonchev–Trinajstić information content (AvgIpc) is 2.23. The number of hydrogen-bond donors (Lipinski definition) is 2. The van der Waals surface area contributed by atoms with E-state index in [1.54, 1.807) is 0 Å². The van der Waals surface area contributed by atoms with Gasteiger partial charge in [-0.25, -0.2) is 10.2 Å². The summed E-state index contributed by atoms with van der Waals surface area (Å²) in [4.78, 5) is 11.0. The number of carbonyl (C=O) groups excluding carboxylic acids is 1. The zero-order valence-corrected chi connectivity index (χ0v) is 7.86. The minimum atomic E-state index is -0.433. The number of cyclic esters (lactones) is 1. The van der Waals surface area contributed by atoms with E-state index in [-0.39, 0.29) is 12.1 Å². The van der Waals surface area contributed by atoms with E-state index in [0.29, 0.717) is 0 Å². The Bertz CT molecular complexity index is 326. The van der Waals surface area contributed by atoms with Crippen LogP contribution in [-0.4, -0.2) is 12.1 Å². The Morgan fingerprint density at radius 1 is 1.29 bits per heavy atom. The largest absolute Gasteiger partial charge is 0.439 e. The van der Waals surface area contributed by atoms with Crippen LogP contribution in [0.15, 0.2) is 30.3 Å². The normalized spacial score (nSPS) is 26.5. The van der Waals surface area contributed by atoms with Crippen LogP contribution >= 0.6 is 0 Å². The summed E-state index contributed by atoms with van der Waals surface area (Å²) in [5.41, 5.74) is 6.28. The molecule has 0 saturated carbocycles. The number of amides is 1. The fourth-order valence-corrected chi connectivity index (χ4v) is 1.49. The number of rotatable bonds is 1. The lowest BCUT2D eigenvalue weighted by atomic mass is 10.0. The van der Waals surface area contributed by atoms with Crippen molar-refractivity contribution in [3.63, 3.8) is 0 Å². The van der Waals surface area contributed by atoms with Crippen molar-refractivity contribution in [3.05, 3.63) is 35.9 Å². The Kier molecular flexibility index (Phi) is 2.37. The quantitative estimate of drug-likeness (QED) is 0.706. The number of carbonyl (C=O) groups is 1. The first kappa shape index (κ1) is 9.02. The molecule has 1 fully saturated rings. The van der Waals surface area contributed by atoms with Crippen molar-refractivity contribution in [2.45, 2.75) is 19.1 Å². The minimum Gasteiger partial charge on any atom is -0.439 e. The van der Waals surface area contributed by atoms with E-state index in [1.165, 1.54) is 0 Å². The van der Waals surface area contributed by atoms with Gasteiger partial charge in [0.15, 0.2) is 0 Å². The molecule has 1 aliphatic heterocycles. The summed E-state index contributed by atoms with van der Waals surface area (Å²) in [7, 11) is 0. The molecule has 2 N–H and O–H groups in total. The molecule has 4 nitrogen and oxygen atoms in total. The zero-order chi connectivity index (χ0) is 9.97. The molecule has 0 unspecified atom stereocenters.